The number of anilines is 1. The van der Waals surface area contributed by atoms with Crippen LogP contribution in [0.3, 0.4) is 0 Å². The second-order valence-corrected chi connectivity index (χ2v) is 4.88. The Labute approximate surface area is 115 Å². The van der Waals surface area contributed by atoms with Gasteiger partial charge in [-0.2, -0.15) is 0 Å². The zero-order valence-electron chi connectivity index (χ0n) is 12.2. The highest BCUT2D eigenvalue weighted by Gasteiger charge is 2.10. The average molecular weight is 264 g/mol. The van der Waals surface area contributed by atoms with Crippen molar-refractivity contribution in [3.8, 4) is 0 Å². The monoisotopic (exact) mass is 264 g/mol. The first kappa shape index (κ1) is 15.4. The van der Waals surface area contributed by atoms with Gasteiger partial charge in [0.2, 0.25) is 0 Å². The van der Waals surface area contributed by atoms with Crippen molar-refractivity contribution in [2.24, 2.45) is 0 Å². The van der Waals surface area contributed by atoms with Crippen LogP contribution in [0.1, 0.15) is 30.8 Å². The van der Waals surface area contributed by atoms with Crippen molar-refractivity contribution in [2.75, 3.05) is 32.5 Å². The van der Waals surface area contributed by atoms with Crippen molar-refractivity contribution in [1.82, 2.24) is 15.2 Å². The van der Waals surface area contributed by atoms with Crippen LogP contribution in [0.2, 0.25) is 0 Å². The van der Waals surface area contributed by atoms with E-state index in [2.05, 4.69) is 34.4 Å². The van der Waals surface area contributed by atoms with Crippen LogP contribution in [-0.4, -0.2) is 49.0 Å². The molecule has 2 N–H and O–H groups in total. The lowest BCUT2D eigenvalue weighted by Crippen LogP contribution is -2.38. The van der Waals surface area contributed by atoms with E-state index in [0.29, 0.717) is 18.3 Å². The first-order valence-electron chi connectivity index (χ1n) is 6.69. The fourth-order valence-corrected chi connectivity index (χ4v) is 1.45. The molecule has 0 saturated carbocycles. The number of pyridine rings is 1. The van der Waals surface area contributed by atoms with Crippen molar-refractivity contribution >= 4 is 11.6 Å². The fourth-order valence-electron chi connectivity index (χ4n) is 1.45. The van der Waals surface area contributed by atoms with Gasteiger partial charge in [-0.25, -0.2) is 0 Å². The summed E-state index contributed by atoms with van der Waals surface area (Å²) in [5.74, 6) is -0.131. The summed E-state index contributed by atoms with van der Waals surface area (Å²) in [5, 5.41) is 6.14. The summed E-state index contributed by atoms with van der Waals surface area (Å²) >= 11 is 0. The van der Waals surface area contributed by atoms with E-state index >= 15 is 0 Å². The number of nitrogens with zero attached hydrogens (tertiary/aromatic N) is 2. The summed E-state index contributed by atoms with van der Waals surface area (Å²) in [7, 11) is 3.98. The van der Waals surface area contributed by atoms with Gasteiger partial charge >= 0.3 is 0 Å². The zero-order chi connectivity index (χ0) is 14.3. The molecule has 106 valence electrons. The smallest absolute Gasteiger partial charge is 0.270 e. The summed E-state index contributed by atoms with van der Waals surface area (Å²) in [6.07, 6.45) is 2.70. The van der Waals surface area contributed by atoms with Crippen LogP contribution in [0.25, 0.3) is 0 Å². The van der Waals surface area contributed by atoms with Gasteiger partial charge in [0.25, 0.3) is 5.91 Å². The molecule has 1 amide bonds. The van der Waals surface area contributed by atoms with Gasteiger partial charge in [0, 0.05) is 31.0 Å². The Hall–Kier alpha value is -1.62. The van der Waals surface area contributed by atoms with E-state index in [1.165, 1.54) is 0 Å². The van der Waals surface area contributed by atoms with Crippen LogP contribution in [0.5, 0.6) is 0 Å². The molecule has 0 aromatic carbocycles. The summed E-state index contributed by atoms with van der Waals surface area (Å²) in [6, 6.07) is 3.95. The predicted molar refractivity (Wildman–Crippen MR) is 78.5 cm³/mol. The van der Waals surface area contributed by atoms with Gasteiger partial charge in [0.15, 0.2) is 0 Å². The molecule has 1 rings (SSSR count). The maximum atomic E-state index is 12.0. The lowest BCUT2D eigenvalue weighted by atomic mass is 10.2. The lowest BCUT2D eigenvalue weighted by molar-refractivity contribution is 0.0938. The molecule has 19 heavy (non-hydrogen) atoms. The molecule has 0 aliphatic rings. The van der Waals surface area contributed by atoms with E-state index < -0.39 is 0 Å². The lowest BCUT2D eigenvalue weighted by Gasteiger charge is -2.19. The summed E-state index contributed by atoms with van der Waals surface area (Å²) in [4.78, 5) is 18.1. The molecule has 1 aromatic heterocycles. The van der Waals surface area contributed by atoms with Gasteiger partial charge in [-0.1, -0.05) is 6.92 Å². The SMILES string of the molecule is CCCNc1ccnc(C(=O)NCC(C)N(C)C)c1. The number of aromatic nitrogens is 1. The van der Waals surface area contributed by atoms with E-state index in [1.807, 2.05) is 20.2 Å². The zero-order valence-corrected chi connectivity index (χ0v) is 12.2. The van der Waals surface area contributed by atoms with E-state index in [9.17, 15) is 4.79 Å². The highest BCUT2D eigenvalue weighted by Crippen LogP contribution is 2.07. The second-order valence-electron chi connectivity index (χ2n) is 4.88. The third-order valence-electron chi connectivity index (χ3n) is 3.01. The predicted octanol–water partition coefficient (Wildman–Crippen LogP) is 1.58. The molecular weight excluding hydrogens is 240 g/mol. The van der Waals surface area contributed by atoms with E-state index in [0.717, 1.165) is 18.7 Å². The third kappa shape index (κ3) is 5.26. The topological polar surface area (TPSA) is 57.3 Å². The quantitative estimate of drug-likeness (QED) is 0.785. The molecule has 0 aliphatic carbocycles. The van der Waals surface area contributed by atoms with Gasteiger partial charge in [-0.3, -0.25) is 9.78 Å². The Morgan fingerprint density at radius 3 is 2.84 bits per heavy atom. The first-order valence-corrected chi connectivity index (χ1v) is 6.69. The molecule has 0 spiro atoms. The van der Waals surface area contributed by atoms with Crippen LogP contribution in [0.15, 0.2) is 18.3 Å². The first-order chi connectivity index (χ1) is 9.04. The fraction of sp³-hybridized carbons (Fsp3) is 0.571. The molecule has 1 atom stereocenters. The highest BCUT2D eigenvalue weighted by molar-refractivity contribution is 5.93. The van der Waals surface area contributed by atoms with Crippen molar-refractivity contribution in [1.29, 1.82) is 0 Å². The minimum absolute atomic E-state index is 0.131. The van der Waals surface area contributed by atoms with Crippen LogP contribution < -0.4 is 10.6 Å². The van der Waals surface area contributed by atoms with Crippen molar-refractivity contribution in [3.05, 3.63) is 24.0 Å². The third-order valence-corrected chi connectivity index (χ3v) is 3.01. The number of likely N-dealkylation sites (N-methyl/N-ethyl adjacent to an activating group) is 1. The molecule has 0 bridgehead atoms. The largest absolute Gasteiger partial charge is 0.385 e. The van der Waals surface area contributed by atoms with E-state index in [4.69, 9.17) is 0 Å². The summed E-state index contributed by atoms with van der Waals surface area (Å²) in [6.45, 7) is 5.67. The number of rotatable bonds is 7. The van der Waals surface area contributed by atoms with Crippen molar-refractivity contribution < 1.29 is 4.79 Å². The Morgan fingerprint density at radius 2 is 2.21 bits per heavy atom. The minimum Gasteiger partial charge on any atom is -0.385 e. The maximum absolute atomic E-state index is 12.0. The molecule has 0 radical (unpaired) electrons. The van der Waals surface area contributed by atoms with Crippen LogP contribution in [0, 0.1) is 0 Å². The number of carbonyl (C=O) groups excluding carboxylic acids is 1. The van der Waals surface area contributed by atoms with Crippen molar-refractivity contribution in [2.45, 2.75) is 26.3 Å². The molecule has 5 heteroatoms. The van der Waals surface area contributed by atoms with Gasteiger partial charge < -0.3 is 15.5 Å². The number of carbonyl (C=O) groups is 1. The maximum Gasteiger partial charge on any atom is 0.270 e. The van der Waals surface area contributed by atoms with E-state index in [-0.39, 0.29) is 5.91 Å². The molecule has 0 fully saturated rings. The highest BCUT2D eigenvalue weighted by atomic mass is 16.1. The van der Waals surface area contributed by atoms with Crippen LogP contribution in [0.4, 0.5) is 5.69 Å². The molecule has 0 saturated heterocycles. The number of nitrogens with one attached hydrogen (secondary N) is 2. The Balaban J connectivity index is 2.56. The molecule has 5 nitrogen and oxygen atoms in total. The number of amides is 1. The Morgan fingerprint density at radius 1 is 1.47 bits per heavy atom. The van der Waals surface area contributed by atoms with Crippen LogP contribution in [-0.2, 0) is 0 Å². The van der Waals surface area contributed by atoms with Crippen LogP contribution >= 0.6 is 0 Å². The normalized spacial score (nSPS) is 12.3. The number of hydrogen-bond acceptors (Lipinski definition) is 4. The van der Waals surface area contributed by atoms with Crippen molar-refractivity contribution in [3.63, 3.8) is 0 Å². The standard InChI is InChI=1S/C14H24N4O/c1-5-7-15-12-6-8-16-13(9-12)14(19)17-10-11(2)18(3)4/h6,8-9,11H,5,7,10H2,1-4H3,(H,15,16)(H,17,19). The van der Waals surface area contributed by atoms with Gasteiger partial charge in [0.05, 0.1) is 0 Å². The molecule has 0 aliphatic heterocycles. The van der Waals surface area contributed by atoms with Gasteiger partial charge in [-0.05, 0) is 39.6 Å². The molecule has 1 aromatic rings. The number of hydrogen-bond donors (Lipinski definition) is 2. The molecular formula is C14H24N4O. The van der Waals surface area contributed by atoms with Gasteiger partial charge in [-0.15, -0.1) is 0 Å². The second kappa shape index (κ2) is 7.74. The molecule has 1 unspecified atom stereocenters. The molecule has 1 heterocycles. The average Bonchev–Trinajstić information content (AvgIpc) is 2.42. The summed E-state index contributed by atoms with van der Waals surface area (Å²) in [5.41, 5.74) is 1.38. The van der Waals surface area contributed by atoms with E-state index in [1.54, 1.807) is 12.3 Å². The minimum atomic E-state index is -0.131. The van der Waals surface area contributed by atoms with Gasteiger partial charge in [0.1, 0.15) is 5.69 Å². The summed E-state index contributed by atoms with van der Waals surface area (Å²) < 4.78 is 0. The Kier molecular flexibility index (Phi) is 6.29. The Bertz CT molecular complexity index is 406.